The molecule has 1 aromatic rings. The zero-order chi connectivity index (χ0) is 12.6. The molecule has 0 spiro atoms. The van der Waals surface area contributed by atoms with Crippen molar-refractivity contribution in [1.82, 2.24) is 9.55 Å². The molecular weight excluding hydrogens is 388 g/mol. The summed E-state index contributed by atoms with van der Waals surface area (Å²) in [4.78, 5) is 42.4. The van der Waals surface area contributed by atoms with Crippen molar-refractivity contribution in [2.24, 2.45) is 0 Å². The molecule has 23 heavy (non-hydrogen) atoms. The van der Waals surface area contributed by atoms with E-state index < -0.39 is 26.8 Å². The Hall–Kier alpha value is 1.27. The van der Waals surface area contributed by atoms with Gasteiger partial charge >= 0.3 is 59.1 Å². The third kappa shape index (κ3) is 10.8. The summed E-state index contributed by atoms with van der Waals surface area (Å²) in [7, 11) is -11.4. The molecule has 13 N–H and O–H groups in total. The Balaban J connectivity index is -0.0000000731. The van der Waals surface area contributed by atoms with Crippen molar-refractivity contribution in [3.8, 4) is 0 Å². The van der Waals surface area contributed by atoms with Crippen molar-refractivity contribution in [2.75, 3.05) is 0 Å². The van der Waals surface area contributed by atoms with Crippen molar-refractivity contribution >= 4 is 15.2 Å². The van der Waals surface area contributed by atoms with Gasteiger partial charge in [0.25, 0.3) is 0 Å². The summed E-state index contributed by atoms with van der Waals surface area (Å²) in [6.07, 6.45) is 3.35. The van der Waals surface area contributed by atoms with Crippen LogP contribution in [0.1, 0.15) is 0 Å². The van der Waals surface area contributed by atoms with Crippen LogP contribution in [0.4, 0.5) is 0 Å². The van der Waals surface area contributed by atoms with Gasteiger partial charge in [0.1, 0.15) is 0 Å². The third-order valence-electron chi connectivity index (χ3n) is 1.86. The van der Waals surface area contributed by atoms with Crippen molar-refractivity contribution < 1.29 is 120 Å². The molecule has 0 fully saturated rings. The molecule has 0 radical (unpaired) electrons. The number of hydrogen-bond acceptors (Lipinski definition) is 6. The average Bonchev–Trinajstić information content (AvgIpc) is 2.52. The Labute approximate surface area is 174 Å². The van der Waals surface area contributed by atoms with Gasteiger partial charge in [-0.05, 0) is 0 Å². The van der Waals surface area contributed by atoms with Crippen LogP contribution in [0.25, 0.3) is 0 Å². The van der Waals surface area contributed by atoms with Crippen LogP contribution in [0.2, 0.25) is 0 Å². The van der Waals surface area contributed by atoms with Gasteiger partial charge in [-0.2, -0.15) is 0 Å². The van der Waals surface area contributed by atoms with Gasteiger partial charge in [-0.3, -0.25) is 0 Å². The first-order valence-electron chi connectivity index (χ1n) is 3.84. The average molecular weight is 406 g/mol. The van der Waals surface area contributed by atoms with Crippen LogP contribution in [0.15, 0.2) is 18.7 Å². The molecule has 1 rings (SSSR count). The predicted octanol–water partition coefficient (Wildman–Crippen LogP) is -12.5. The van der Waals surface area contributed by atoms with Crippen LogP contribution in [0, 0.1) is 0 Å². The summed E-state index contributed by atoms with van der Waals surface area (Å²) in [5.74, 6) is 0. The molecule has 14 nitrogen and oxygen atoms in total. The molecule has 0 saturated carbocycles. The molecule has 2 atom stereocenters. The zero-order valence-electron chi connectivity index (χ0n) is 12.2. The second-order valence-electron chi connectivity index (χ2n) is 3.05. The van der Waals surface area contributed by atoms with E-state index in [1.54, 1.807) is 0 Å². The monoisotopic (exact) mass is 406 g/mol. The number of aliphatic hydroxyl groups is 1. The zero-order valence-corrected chi connectivity index (χ0v) is 18.0. The van der Waals surface area contributed by atoms with Gasteiger partial charge in [0.2, 0.25) is 5.08 Å². The maximum Gasteiger partial charge on any atom is 1.00 e. The van der Waals surface area contributed by atoms with Crippen molar-refractivity contribution in [3.63, 3.8) is 0 Å². The Kier molecular flexibility index (Phi) is 29.7. The van der Waals surface area contributed by atoms with E-state index in [1.165, 1.54) is 6.20 Å². The minimum atomic E-state index is -5.72. The smallest absolute Gasteiger partial charge is 0.776 e. The van der Waals surface area contributed by atoms with Gasteiger partial charge in [-0.1, -0.05) is 0 Å². The van der Waals surface area contributed by atoms with Gasteiger partial charge < -0.3 is 65.8 Å². The Morgan fingerprint density at radius 3 is 1.57 bits per heavy atom. The van der Waals surface area contributed by atoms with Gasteiger partial charge in [-0.25, -0.2) is 4.98 Å². The number of rotatable bonds is 4. The molecule has 0 aliphatic rings. The largest absolute Gasteiger partial charge is 1.00 e. The van der Waals surface area contributed by atoms with Gasteiger partial charge in [0.05, 0.1) is 12.9 Å². The second-order valence-corrected chi connectivity index (χ2v) is 6.96. The van der Waals surface area contributed by atoms with Crippen molar-refractivity contribution in [3.05, 3.63) is 18.7 Å². The molecule has 18 heteroatoms. The molecule has 0 amide bonds. The van der Waals surface area contributed by atoms with Crippen molar-refractivity contribution in [1.29, 1.82) is 0 Å². The van der Waals surface area contributed by atoms with E-state index in [1.807, 2.05) is 0 Å². The van der Waals surface area contributed by atoms with E-state index >= 15 is 0 Å². The normalized spacial score (nSPS) is 16.0. The molecule has 2 unspecified atom stereocenters. The second kappa shape index (κ2) is 15.5. The van der Waals surface area contributed by atoms with E-state index in [-0.39, 0.29) is 86.5 Å². The molecule has 0 aliphatic carbocycles. The maximum absolute atomic E-state index is 10.8. The SMILES string of the molecule is O.O.O.O.O.O=P([O-])(O)C(O)(Cn1ccnc1)P(=O)([O-])O.[Na+].[Na+]. The molecular formula is C5H18N2Na2O12P2. The van der Waals surface area contributed by atoms with E-state index in [4.69, 9.17) is 9.79 Å². The van der Waals surface area contributed by atoms with Crippen LogP contribution in [0.3, 0.4) is 0 Å². The first-order chi connectivity index (χ1) is 7.08. The number of nitrogens with zero attached hydrogens (tertiary/aromatic N) is 2. The van der Waals surface area contributed by atoms with Crippen LogP contribution >= 0.6 is 15.2 Å². The topological polar surface area (TPSA) is 316 Å². The number of hydrogen-bond donors (Lipinski definition) is 3. The minimum absolute atomic E-state index is 0. The first-order valence-corrected chi connectivity index (χ1v) is 6.99. The van der Waals surface area contributed by atoms with E-state index in [0.29, 0.717) is 0 Å². The standard InChI is InChI=1S/C5H10N2O7P2.2Na.5H2O/c8-5(15(9,10)11,16(12,13)14)3-7-2-1-6-4-7;;;;;;;/h1-2,4,8H,3H2,(H2,9,10,11)(H2,12,13,14);;;5*1H2/q;2*+1;;;;;/p-2. The summed E-state index contributed by atoms with van der Waals surface area (Å²) in [5.41, 5.74) is 0. The maximum atomic E-state index is 10.8. The van der Waals surface area contributed by atoms with Crippen LogP contribution in [-0.4, -0.2) is 56.9 Å². The third-order valence-corrected chi connectivity index (χ3v) is 5.47. The molecule has 0 saturated heterocycles. The van der Waals surface area contributed by atoms with Crippen LogP contribution in [0.5, 0.6) is 0 Å². The fourth-order valence-corrected chi connectivity index (χ4v) is 2.93. The Bertz CT molecular complexity index is 438. The quantitative estimate of drug-likeness (QED) is 0.317. The van der Waals surface area contributed by atoms with E-state index in [2.05, 4.69) is 4.98 Å². The summed E-state index contributed by atoms with van der Waals surface area (Å²) >= 11 is 0. The van der Waals surface area contributed by atoms with Crippen LogP contribution in [-0.2, 0) is 15.7 Å². The predicted molar refractivity (Wildman–Crippen MR) is 64.9 cm³/mol. The summed E-state index contributed by atoms with van der Waals surface area (Å²) in [6, 6.07) is 0. The number of imidazole rings is 1. The van der Waals surface area contributed by atoms with Crippen molar-refractivity contribution in [2.45, 2.75) is 11.6 Å². The van der Waals surface area contributed by atoms with Gasteiger partial charge in [0.15, 0.2) is 15.2 Å². The summed E-state index contributed by atoms with van der Waals surface area (Å²) in [5, 5.41) is 5.69. The van der Waals surface area contributed by atoms with Gasteiger partial charge in [0, 0.05) is 12.4 Å². The molecule has 0 bridgehead atoms. The van der Waals surface area contributed by atoms with Crippen LogP contribution < -0.4 is 68.9 Å². The minimum Gasteiger partial charge on any atom is -0.776 e. The molecule has 1 aromatic heterocycles. The van der Waals surface area contributed by atoms with E-state index in [0.717, 1.165) is 17.1 Å². The van der Waals surface area contributed by atoms with E-state index in [9.17, 15) is 24.0 Å². The fourth-order valence-electron chi connectivity index (χ4n) is 0.964. The Morgan fingerprint density at radius 1 is 1.00 bits per heavy atom. The summed E-state index contributed by atoms with van der Waals surface area (Å²) < 4.78 is 22.5. The Morgan fingerprint density at radius 2 is 1.35 bits per heavy atom. The molecule has 0 aliphatic heterocycles. The molecule has 0 aromatic carbocycles. The number of aromatic nitrogens is 2. The fraction of sp³-hybridized carbons (Fsp3) is 0.400. The van der Waals surface area contributed by atoms with Gasteiger partial charge in [-0.15, -0.1) is 0 Å². The summed E-state index contributed by atoms with van der Waals surface area (Å²) in [6.45, 7) is -1.08. The molecule has 1 heterocycles. The molecule has 132 valence electrons. The first kappa shape index (κ1) is 44.1.